The average molecular weight is 456 g/mol. The van der Waals surface area contributed by atoms with Crippen LogP contribution in [-0.4, -0.2) is 26.3 Å². The van der Waals surface area contributed by atoms with Gasteiger partial charge in [0.15, 0.2) is 11.4 Å². The first-order chi connectivity index (χ1) is 15.7. The minimum atomic E-state index is -4.85. The number of nitrogens with zero attached hydrogens (tertiary/aromatic N) is 4. The van der Waals surface area contributed by atoms with E-state index >= 15 is 0 Å². The number of imidazole rings is 1. The molecule has 0 radical (unpaired) electrons. The molecule has 12 heteroatoms. The number of nitrogens with two attached hydrogens (primary N) is 1. The van der Waals surface area contributed by atoms with Gasteiger partial charge in [-0.05, 0) is 24.3 Å². The minimum absolute atomic E-state index is 0.0290. The van der Waals surface area contributed by atoms with E-state index in [9.17, 15) is 13.2 Å². The predicted octanol–water partition coefficient (Wildman–Crippen LogP) is 4.85. The molecule has 0 aliphatic heterocycles. The zero-order valence-corrected chi connectivity index (χ0v) is 17.0. The zero-order chi connectivity index (χ0) is 23.6. The Morgan fingerprint density at radius 3 is 2.58 bits per heavy atom. The maximum absolute atomic E-state index is 12.6. The number of anilines is 1. The van der Waals surface area contributed by atoms with Gasteiger partial charge in [-0.2, -0.15) is 15.2 Å². The molecule has 0 unspecified atom stereocenters. The molecule has 9 nitrogen and oxygen atoms in total. The molecule has 0 amide bonds. The molecule has 2 aromatic carbocycles. The number of hydrogen-bond acceptors (Lipinski definition) is 8. The Labute approximate surface area is 184 Å². The highest BCUT2D eigenvalue weighted by Crippen LogP contribution is 2.33. The Hall–Kier alpha value is -4.53. The lowest BCUT2D eigenvalue weighted by atomic mass is 10.2. The lowest BCUT2D eigenvalue weighted by molar-refractivity contribution is -0.274. The molecule has 2 heterocycles. The van der Waals surface area contributed by atoms with Gasteiger partial charge in [-0.15, -0.1) is 13.2 Å². The van der Waals surface area contributed by atoms with Crippen molar-refractivity contribution in [3.63, 3.8) is 0 Å². The summed E-state index contributed by atoms with van der Waals surface area (Å²) in [7, 11) is 0. The molecule has 0 aliphatic rings. The summed E-state index contributed by atoms with van der Waals surface area (Å²) < 4.78 is 53.0. The van der Waals surface area contributed by atoms with Crippen molar-refractivity contribution in [2.75, 3.05) is 5.73 Å². The SMILES string of the molecule is CCc1nc2nc(Oc3cc(C#N)ccc3N)nc(Oc3cccc(OC(F)(F)F)c3)c2[nH]1. The summed E-state index contributed by atoms with van der Waals surface area (Å²) in [6.07, 6.45) is -4.29. The number of nitriles is 1. The van der Waals surface area contributed by atoms with Crippen LogP contribution in [0.4, 0.5) is 18.9 Å². The normalized spacial score (nSPS) is 11.2. The van der Waals surface area contributed by atoms with Crippen LogP contribution in [0.2, 0.25) is 0 Å². The third-order valence-electron chi connectivity index (χ3n) is 4.28. The Morgan fingerprint density at radius 1 is 1.06 bits per heavy atom. The van der Waals surface area contributed by atoms with Gasteiger partial charge in [0.25, 0.3) is 5.88 Å². The maximum Gasteiger partial charge on any atom is 0.573 e. The van der Waals surface area contributed by atoms with E-state index in [1.807, 2.05) is 13.0 Å². The van der Waals surface area contributed by atoms with Crippen LogP contribution in [0.25, 0.3) is 11.2 Å². The van der Waals surface area contributed by atoms with E-state index in [0.29, 0.717) is 23.3 Å². The third kappa shape index (κ3) is 5.04. The van der Waals surface area contributed by atoms with E-state index in [-0.39, 0.29) is 34.7 Å². The second-order valence-corrected chi connectivity index (χ2v) is 6.64. The largest absolute Gasteiger partial charge is 0.573 e. The first-order valence-corrected chi connectivity index (χ1v) is 9.52. The van der Waals surface area contributed by atoms with E-state index < -0.39 is 12.1 Å². The molecule has 0 saturated heterocycles. The second kappa shape index (κ2) is 8.54. The highest BCUT2D eigenvalue weighted by Gasteiger charge is 2.31. The third-order valence-corrected chi connectivity index (χ3v) is 4.28. The van der Waals surface area contributed by atoms with Crippen LogP contribution in [0.3, 0.4) is 0 Å². The van der Waals surface area contributed by atoms with Crippen molar-refractivity contribution in [1.29, 1.82) is 5.26 Å². The number of ether oxygens (including phenoxy) is 3. The van der Waals surface area contributed by atoms with Crippen molar-refractivity contribution >= 4 is 16.9 Å². The van der Waals surface area contributed by atoms with E-state index in [1.54, 1.807) is 0 Å². The minimum Gasteiger partial charge on any atom is -0.437 e. The molecule has 0 aliphatic carbocycles. The highest BCUT2D eigenvalue weighted by molar-refractivity contribution is 5.77. The Bertz CT molecular complexity index is 1360. The van der Waals surface area contributed by atoms with Crippen molar-refractivity contribution in [1.82, 2.24) is 19.9 Å². The summed E-state index contributed by atoms with van der Waals surface area (Å²) in [5.74, 6) is 0.261. The molecular weight excluding hydrogens is 441 g/mol. The fourth-order valence-corrected chi connectivity index (χ4v) is 2.82. The van der Waals surface area contributed by atoms with Gasteiger partial charge in [-0.1, -0.05) is 13.0 Å². The average Bonchev–Trinajstić information content (AvgIpc) is 3.18. The number of aromatic amines is 1. The van der Waals surface area contributed by atoms with Gasteiger partial charge in [0.1, 0.15) is 22.8 Å². The number of H-pyrrole nitrogens is 1. The maximum atomic E-state index is 12.6. The molecule has 0 bridgehead atoms. The van der Waals surface area contributed by atoms with Crippen LogP contribution in [0.5, 0.6) is 29.1 Å². The van der Waals surface area contributed by atoms with E-state index in [1.165, 1.54) is 30.3 Å². The molecule has 33 heavy (non-hydrogen) atoms. The standard InChI is InChI=1S/C21H15F3N6O3/c1-2-16-27-17-18(28-16)29-20(32-15-8-11(10-25)6-7-14(15)26)30-19(17)31-12-4-3-5-13(9-12)33-21(22,23)24/h3-9H,2,26H2,1H3,(H,27,28,29,30). The predicted molar refractivity (Wildman–Crippen MR) is 110 cm³/mol. The molecule has 168 valence electrons. The van der Waals surface area contributed by atoms with Crippen molar-refractivity contribution in [2.45, 2.75) is 19.7 Å². The van der Waals surface area contributed by atoms with Gasteiger partial charge in [0.2, 0.25) is 0 Å². The van der Waals surface area contributed by atoms with E-state index in [4.69, 9.17) is 20.5 Å². The molecule has 4 aromatic rings. The van der Waals surface area contributed by atoms with Gasteiger partial charge in [0, 0.05) is 18.6 Å². The van der Waals surface area contributed by atoms with Crippen LogP contribution in [0.1, 0.15) is 18.3 Å². The van der Waals surface area contributed by atoms with Crippen LogP contribution >= 0.6 is 0 Å². The number of halogens is 3. The summed E-state index contributed by atoms with van der Waals surface area (Å²) in [5.41, 5.74) is 7.00. The number of rotatable bonds is 6. The van der Waals surface area contributed by atoms with Crippen molar-refractivity contribution in [3.05, 3.63) is 53.9 Å². The molecule has 3 N–H and O–H groups in total. The highest BCUT2D eigenvalue weighted by atomic mass is 19.4. The molecule has 4 rings (SSSR count). The van der Waals surface area contributed by atoms with Gasteiger partial charge in [-0.25, -0.2) is 4.98 Å². The first-order valence-electron chi connectivity index (χ1n) is 9.52. The Morgan fingerprint density at radius 2 is 1.85 bits per heavy atom. The summed E-state index contributed by atoms with van der Waals surface area (Å²) in [6, 6.07) is 11.2. The molecule has 0 atom stereocenters. The number of alkyl halides is 3. The Balaban J connectivity index is 1.73. The Kier molecular flexibility index (Phi) is 5.61. The smallest absolute Gasteiger partial charge is 0.437 e. The lowest BCUT2D eigenvalue weighted by Gasteiger charge is -2.11. The number of aryl methyl sites for hydroxylation is 1. The van der Waals surface area contributed by atoms with Crippen molar-refractivity contribution in [3.8, 4) is 35.2 Å². The number of aromatic nitrogens is 4. The number of nitrogen functional groups attached to an aromatic ring is 1. The van der Waals surface area contributed by atoms with Crippen LogP contribution in [0, 0.1) is 11.3 Å². The first kappa shape index (κ1) is 21.7. The molecular formula is C21H15F3N6O3. The lowest BCUT2D eigenvalue weighted by Crippen LogP contribution is -2.17. The number of benzene rings is 2. The van der Waals surface area contributed by atoms with E-state index in [0.717, 1.165) is 12.1 Å². The fraction of sp³-hybridized carbons (Fsp3) is 0.143. The number of hydrogen-bond donors (Lipinski definition) is 2. The van der Waals surface area contributed by atoms with Crippen molar-refractivity contribution in [2.24, 2.45) is 0 Å². The topological polar surface area (TPSA) is 132 Å². The van der Waals surface area contributed by atoms with E-state index in [2.05, 4.69) is 24.7 Å². The number of nitrogens with one attached hydrogen (secondary N) is 1. The summed E-state index contributed by atoms with van der Waals surface area (Å²) in [6.45, 7) is 1.87. The summed E-state index contributed by atoms with van der Waals surface area (Å²) in [4.78, 5) is 15.8. The molecule has 0 spiro atoms. The zero-order valence-electron chi connectivity index (χ0n) is 17.0. The van der Waals surface area contributed by atoms with Crippen LogP contribution < -0.4 is 19.9 Å². The van der Waals surface area contributed by atoms with Crippen LogP contribution in [0.15, 0.2) is 42.5 Å². The fourth-order valence-electron chi connectivity index (χ4n) is 2.82. The summed E-state index contributed by atoms with van der Waals surface area (Å²) in [5, 5.41) is 9.10. The summed E-state index contributed by atoms with van der Waals surface area (Å²) >= 11 is 0. The quantitative estimate of drug-likeness (QED) is 0.394. The molecule has 0 fully saturated rings. The van der Waals surface area contributed by atoms with Crippen LogP contribution in [-0.2, 0) is 6.42 Å². The van der Waals surface area contributed by atoms with Crippen molar-refractivity contribution < 1.29 is 27.4 Å². The van der Waals surface area contributed by atoms with Gasteiger partial charge < -0.3 is 24.9 Å². The van der Waals surface area contributed by atoms with Gasteiger partial charge in [0.05, 0.1) is 17.3 Å². The molecule has 2 aromatic heterocycles. The van der Waals surface area contributed by atoms with Gasteiger partial charge >= 0.3 is 12.4 Å². The van der Waals surface area contributed by atoms with Gasteiger partial charge in [-0.3, -0.25) is 0 Å². The molecule has 0 saturated carbocycles. The monoisotopic (exact) mass is 456 g/mol. The number of fused-ring (bicyclic) bond motifs is 1. The second-order valence-electron chi connectivity index (χ2n) is 6.64.